The minimum atomic E-state index is 0.404. The van der Waals surface area contributed by atoms with Crippen molar-refractivity contribution in [1.82, 2.24) is 5.32 Å². The summed E-state index contributed by atoms with van der Waals surface area (Å²) in [6.07, 6.45) is 6.18. The van der Waals surface area contributed by atoms with E-state index in [-0.39, 0.29) is 0 Å². The fraction of sp³-hybridized carbons (Fsp3) is 0.625. The number of fused-ring (bicyclic) bond motifs is 1. The Morgan fingerprint density at radius 3 is 3.00 bits per heavy atom. The van der Waals surface area contributed by atoms with Crippen molar-refractivity contribution in [2.24, 2.45) is 0 Å². The number of halogens is 1. The molecule has 3 rings (SSSR count). The van der Waals surface area contributed by atoms with E-state index in [4.69, 9.17) is 9.47 Å². The first-order chi connectivity index (χ1) is 9.76. The number of rotatable bonds is 3. The molecule has 1 aliphatic carbocycles. The summed E-state index contributed by atoms with van der Waals surface area (Å²) in [5, 5.41) is 3.82. The summed E-state index contributed by atoms with van der Waals surface area (Å²) in [6, 6.07) is 7.35. The van der Waals surface area contributed by atoms with Crippen molar-refractivity contribution < 1.29 is 9.47 Å². The lowest BCUT2D eigenvalue weighted by molar-refractivity contribution is 0.106. The molecule has 1 N–H and O–H groups in total. The predicted octanol–water partition coefficient (Wildman–Crippen LogP) is 3.82. The molecule has 1 fully saturated rings. The second-order valence-electron chi connectivity index (χ2n) is 5.76. The zero-order chi connectivity index (χ0) is 13.9. The van der Waals surface area contributed by atoms with E-state index in [1.165, 1.54) is 18.4 Å². The normalized spacial score (nSPS) is 29.6. The Bertz CT molecular complexity index is 466. The van der Waals surface area contributed by atoms with Gasteiger partial charge in [-0.05, 0) is 44.2 Å². The van der Waals surface area contributed by atoms with E-state index in [1.54, 1.807) is 0 Å². The molecule has 110 valence electrons. The van der Waals surface area contributed by atoms with Crippen LogP contribution in [0.1, 0.15) is 43.7 Å². The van der Waals surface area contributed by atoms with Crippen LogP contribution >= 0.6 is 15.9 Å². The zero-order valence-electron chi connectivity index (χ0n) is 11.9. The topological polar surface area (TPSA) is 30.5 Å². The summed E-state index contributed by atoms with van der Waals surface area (Å²) in [6.45, 7) is 0.812. The summed E-state index contributed by atoms with van der Waals surface area (Å²) in [5.41, 5.74) is 1.30. The smallest absolute Gasteiger partial charge is 0.125 e. The van der Waals surface area contributed by atoms with Crippen LogP contribution in [0, 0.1) is 0 Å². The lowest BCUT2D eigenvalue weighted by Crippen LogP contribution is -2.31. The molecule has 0 amide bonds. The van der Waals surface area contributed by atoms with Crippen LogP contribution in [-0.4, -0.2) is 25.9 Å². The molecular formula is C16H22BrNO2. The number of hydrogen-bond acceptors (Lipinski definition) is 3. The third kappa shape index (κ3) is 3.18. The number of ether oxygens (including phenoxy) is 2. The van der Waals surface area contributed by atoms with Crippen molar-refractivity contribution in [2.45, 2.75) is 50.3 Å². The Hall–Kier alpha value is -0.580. The van der Waals surface area contributed by atoms with Gasteiger partial charge in [-0.25, -0.2) is 0 Å². The number of nitrogens with one attached hydrogen (secondary N) is 1. The second kappa shape index (κ2) is 6.46. The van der Waals surface area contributed by atoms with Gasteiger partial charge in [0.2, 0.25) is 0 Å². The highest BCUT2D eigenvalue weighted by Gasteiger charge is 2.28. The van der Waals surface area contributed by atoms with E-state index in [1.807, 2.05) is 7.11 Å². The lowest BCUT2D eigenvalue weighted by atomic mass is 10.0. The Kier molecular flexibility index (Phi) is 4.64. The standard InChI is InChI=1S/C16H22BrNO2/c1-19-13-6-5-12(10-13)18-15-3-2-8-20-16-9-11(17)4-7-14(15)16/h4,7,9,12-13,15,18H,2-3,5-6,8,10H2,1H3. The maximum absolute atomic E-state index is 5.87. The number of benzene rings is 1. The van der Waals surface area contributed by atoms with E-state index >= 15 is 0 Å². The first-order valence-corrected chi connectivity index (χ1v) is 8.26. The minimum Gasteiger partial charge on any atom is -0.493 e. The second-order valence-corrected chi connectivity index (χ2v) is 6.68. The molecule has 1 heterocycles. The van der Waals surface area contributed by atoms with E-state index < -0.39 is 0 Å². The van der Waals surface area contributed by atoms with Crippen molar-refractivity contribution in [3.63, 3.8) is 0 Å². The molecule has 0 spiro atoms. The Labute approximate surface area is 129 Å². The number of hydrogen-bond donors (Lipinski definition) is 1. The van der Waals surface area contributed by atoms with Crippen LogP contribution in [0.4, 0.5) is 0 Å². The summed E-state index contributed by atoms with van der Waals surface area (Å²) >= 11 is 3.52. The van der Waals surface area contributed by atoms with E-state index in [9.17, 15) is 0 Å². The Morgan fingerprint density at radius 2 is 2.20 bits per heavy atom. The molecule has 3 nitrogen and oxygen atoms in total. The van der Waals surface area contributed by atoms with Gasteiger partial charge in [-0.2, -0.15) is 0 Å². The SMILES string of the molecule is COC1CCC(NC2CCCOc3cc(Br)ccc32)C1. The molecule has 1 aromatic rings. The van der Waals surface area contributed by atoms with Crippen LogP contribution in [0.5, 0.6) is 5.75 Å². The van der Waals surface area contributed by atoms with Crippen molar-refractivity contribution >= 4 is 15.9 Å². The van der Waals surface area contributed by atoms with Gasteiger partial charge in [-0.3, -0.25) is 0 Å². The highest BCUT2D eigenvalue weighted by Crippen LogP contribution is 2.35. The molecule has 0 saturated heterocycles. The maximum atomic E-state index is 5.87. The summed E-state index contributed by atoms with van der Waals surface area (Å²) < 4.78 is 12.4. The molecule has 3 unspecified atom stereocenters. The molecule has 0 radical (unpaired) electrons. The monoisotopic (exact) mass is 339 g/mol. The highest BCUT2D eigenvalue weighted by atomic mass is 79.9. The van der Waals surface area contributed by atoms with Crippen LogP contribution in [0.25, 0.3) is 0 Å². The fourth-order valence-corrected chi connectivity index (χ4v) is 3.65. The molecule has 0 aromatic heterocycles. The van der Waals surface area contributed by atoms with Gasteiger partial charge in [-0.1, -0.05) is 22.0 Å². The molecule has 3 atom stereocenters. The van der Waals surface area contributed by atoms with Gasteiger partial charge >= 0.3 is 0 Å². The summed E-state index contributed by atoms with van der Waals surface area (Å²) in [4.78, 5) is 0. The minimum absolute atomic E-state index is 0.404. The van der Waals surface area contributed by atoms with Gasteiger partial charge in [0.1, 0.15) is 5.75 Å². The van der Waals surface area contributed by atoms with Gasteiger partial charge < -0.3 is 14.8 Å². The van der Waals surface area contributed by atoms with E-state index in [2.05, 4.69) is 39.4 Å². The average Bonchev–Trinajstić information content (AvgIpc) is 2.81. The van der Waals surface area contributed by atoms with Crippen LogP contribution in [0.3, 0.4) is 0 Å². The first kappa shape index (κ1) is 14.4. The number of methoxy groups -OCH3 is 1. The predicted molar refractivity (Wildman–Crippen MR) is 83.2 cm³/mol. The quantitative estimate of drug-likeness (QED) is 0.907. The molecule has 1 aromatic carbocycles. The van der Waals surface area contributed by atoms with Crippen LogP contribution in [0.2, 0.25) is 0 Å². The molecule has 0 bridgehead atoms. The fourth-order valence-electron chi connectivity index (χ4n) is 3.31. The van der Waals surface area contributed by atoms with Crippen molar-refractivity contribution in [2.75, 3.05) is 13.7 Å². The molecule has 4 heteroatoms. The van der Waals surface area contributed by atoms with Crippen LogP contribution in [0.15, 0.2) is 22.7 Å². The Morgan fingerprint density at radius 1 is 1.30 bits per heavy atom. The van der Waals surface area contributed by atoms with Gasteiger partial charge in [0.15, 0.2) is 0 Å². The maximum Gasteiger partial charge on any atom is 0.125 e. The van der Waals surface area contributed by atoms with Gasteiger partial charge in [0.25, 0.3) is 0 Å². The van der Waals surface area contributed by atoms with Gasteiger partial charge in [0.05, 0.1) is 12.7 Å². The highest BCUT2D eigenvalue weighted by molar-refractivity contribution is 9.10. The third-order valence-corrected chi connectivity index (χ3v) is 4.89. The van der Waals surface area contributed by atoms with Crippen LogP contribution < -0.4 is 10.1 Å². The van der Waals surface area contributed by atoms with Crippen molar-refractivity contribution in [3.05, 3.63) is 28.2 Å². The summed E-state index contributed by atoms with van der Waals surface area (Å²) in [7, 11) is 1.82. The first-order valence-electron chi connectivity index (χ1n) is 7.47. The Balaban J connectivity index is 1.73. The average molecular weight is 340 g/mol. The lowest BCUT2D eigenvalue weighted by Gasteiger charge is -2.23. The van der Waals surface area contributed by atoms with Gasteiger partial charge in [-0.15, -0.1) is 0 Å². The third-order valence-electron chi connectivity index (χ3n) is 4.40. The largest absolute Gasteiger partial charge is 0.493 e. The molecule has 1 aliphatic heterocycles. The molecular weight excluding hydrogens is 318 g/mol. The van der Waals surface area contributed by atoms with E-state index in [0.29, 0.717) is 18.2 Å². The summed E-state index contributed by atoms with van der Waals surface area (Å²) in [5.74, 6) is 1.02. The molecule has 1 saturated carbocycles. The van der Waals surface area contributed by atoms with Crippen molar-refractivity contribution in [1.29, 1.82) is 0 Å². The zero-order valence-corrected chi connectivity index (χ0v) is 13.5. The van der Waals surface area contributed by atoms with Crippen molar-refractivity contribution in [3.8, 4) is 5.75 Å². The van der Waals surface area contributed by atoms with Gasteiger partial charge in [0, 0.05) is 29.2 Å². The van der Waals surface area contributed by atoms with Crippen LogP contribution in [-0.2, 0) is 4.74 Å². The molecule has 20 heavy (non-hydrogen) atoms. The van der Waals surface area contributed by atoms with E-state index in [0.717, 1.165) is 36.1 Å². The molecule has 2 aliphatic rings.